The van der Waals surface area contributed by atoms with Gasteiger partial charge in [0.1, 0.15) is 17.3 Å². The molecule has 2 aliphatic rings. The van der Waals surface area contributed by atoms with Crippen LogP contribution in [0, 0.1) is 0 Å². The first-order valence-corrected chi connectivity index (χ1v) is 9.07. The lowest BCUT2D eigenvalue weighted by atomic mass is 10.00. The van der Waals surface area contributed by atoms with Gasteiger partial charge in [0.2, 0.25) is 0 Å². The molecule has 0 aliphatic carbocycles. The van der Waals surface area contributed by atoms with Crippen molar-refractivity contribution in [3.63, 3.8) is 0 Å². The van der Waals surface area contributed by atoms with Gasteiger partial charge in [-0.25, -0.2) is 4.98 Å². The van der Waals surface area contributed by atoms with Crippen LogP contribution in [0.4, 0.5) is 5.82 Å². The number of benzene rings is 1. The van der Waals surface area contributed by atoms with Gasteiger partial charge in [0.25, 0.3) is 0 Å². The van der Waals surface area contributed by atoms with Crippen molar-refractivity contribution < 1.29 is 9.47 Å². The summed E-state index contributed by atoms with van der Waals surface area (Å²) in [6.45, 7) is 3.80. The Balaban J connectivity index is 1.40. The fourth-order valence-electron chi connectivity index (χ4n) is 3.60. The Morgan fingerprint density at radius 2 is 2.12 bits per heavy atom. The quantitative estimate of drug-likeness (QED) is 0.906. The lowest BCUT2D eigenvalue weighted by Gasteiger charge is -2.27. The molecule has 2 aromatic rings. The van der Waals surface area contributed by atoms with E-state index in [2.05, 4.69) is 33.4 Å². The number of nitrogens with one attached hydrogen (secondary N) is 1. The molecule has 3 heterocycles. The number of hydrogen-bond donors (Lipinski definition) is 1. The topological polar surface area (TPSA) is 46.6 Å². The molecule has 0 spiro atoms. The second-order valence-electron chi connectivity index (χ2n) is 6.69. The Bertz CT molecular complexity index is 711. The molecule has 5 heteroatoms. The van der Waals surface area contributed by atoms with Crippen molar-refractivity contribution in [2.24, 2.45) is 0 Å². The predicted molar refractivity (Wildman–Crippen MR) is 98.4 cm³/mol. The Labute approximate surface area is 149 Å². The van der Waals surface area contributed by atoms with Crippen LogP contribution in [0.3, 0.4) is 0 Å². The van der Waals surface area contributed by atoms with Gasteiger partial charge in [-0.3, -0.25) is 0 Å². The average Bonchev–Trinajstić information content (AvgIpc) is 3.21. The molecule has 1 N–H and O–H groups in total. The Morgan fingerprint density at radius 1 is 1.24 bits per heavy atom. The number of pyridine rings is 1. The number of fused-ring (bicyclic) bond motifs is 1. The standard InChI is InChI=1S/C20H25N3O2/c1-24-16-5-6-17-18(8-11-25-19(17)12-16)21-13-15-4-7-20(22-14-15)23-9-2-3-10-23/h4-7,12,14,18,21H,2-3,8-11,13H2,1H3/t18-/m1/s1. The minimum absolute atomic E-state index is 0.299. The largest absolute Gasteiger partial charge is 0.497 e. The zero-order chi connectivity index (χ0) is 17.1. The van der Waals surface area contributed by atoms with Crippen molar-refractivity contribution in [1.82, 2.24) is 10.3 Å². The van der Waals surface area contributed by atoms with E-state index in [1.54, 1.807) is 7.11 Å². The zero-order valence-corrected chi connectivity index (χ0v) is 14.7. The van der Waals surface area contributed by atoms with Crippen molar-refractivity contribution in [2.75, 3.05) is 31.7 Å². The third-order valence-corrected chi connectivity index (χ3v) is 5.05. The van der Waals surface area contributed by atoms with Crippen molar-refractivity contribution in [3.05, 3.63) is 47.7 Å². The van der Waals surface area contributed by atoms with Crippen molar-refractivity contribution >= 4 is 5.82 Å². The van der Waals surface area contributed by atoms with Crippen LogP contribution in [0.2, 0.25) is 0 Å². The molecule has 5 nitrogen and oxygen atoms in total. The summed E-state index contributed by atoms with van der Waals surface area (Å²) in [5.41, 5.74) is 2.41. The molecule has 0 amide bonds. The molecule has 0 bridgehead atoms. The molecule has 132 valence electrons. The summed E-state index contributed by atoms with van der Waals surface area (Å²) in [5, 5.41) is 3.65. The number of rotatable bonds is 5. The summed E-state index contributed by atoms with van der Waals surface area (Å²) >= 11 is 0. The van der Waals surface area contributed by atoms with E-state index < -0.39 is 0 Å². The number of nitrogens with zero attached hydrogens (tertiary/aromatic N) is 2. The first kappa shape index (κ1) is 16.2. The summed E-state index contributed by atoms with van der Waals surface area (Å²) in [5.74, 6) is 2.86. The molecule has 25 heavy (non-hydrogen) atoms. The highest BCUT2D eigenvalue weighted by atomic mass is 16.5. The van der Waals surface area contributed by atoms with E-state index in [4.69, 9.17) is 9.47 Å². The van der Waals surface area contributed by atoms with Crippen LogP contribution >= 0.6 is 0 Å². The van der Waals surface area contributed by atoms with Crippen molar-refractivity contribution in [3.8, 4) is 11.5 Å². The smallest absolute Gasteiger partial charge is 0.128 e. The minimum Gasteiger partial charge on any atom is -0.497 e. The van der Waals surface area contributed by atoms with Gasteiger partial charge in [-0.05, 0) is 30.5 Å². The normalized spacial score (nSPS) is 19.4. The van der Waals surface area contributed by atoms with E-state index in [-0.39, 0.29) is 0 Å². The number of aromatic nitrogens is 1. The molecule has 0 radical (unpaired) electrons. The van der Waals surface area contributed by atoms with Crippen LogP contribution in [-0.4, -0.2) is 31.8 Å². The molecule has 1 aromatic carbocycles. The third-order valence-electron chi connectivity index (χ3n) is 5.05. The molecule has 1 fully saturated rings. The molecule has 4 rings (SSSR count). The van der Waals surface area contributed by atoms with Gasteiger partial charge >= 0.3 is 0 Å². The minimum atomic E-state index is 0.299. The summed E-state index contributed by atoms with van der Waals surface area (Å²) in [4.78, 5) is 7.00. The second-order valence-corrected chi connectivity index (χ2v) is 6.69. The maximum Gasteiger partial charge on any atom is 0.128 e. The number of anilines is 1. The summed E-state index contributed by atoms with van der Waals surface area (Å²) in [6.07, 6.45) is 5.52. The molecule has 1 atom stereocenters. The zero-order valence-electron chi connectivity index (χ0n) is 14.7. The van der Waals surface area contributed by atoms with Crippen LogP contribution in [-0.2, 0) is 6.54 Å². The number of hydrogen-bond acceptors (Lipinski definition) is 5. The van der Waals surface area contributed by atoms with E-state index in [0.29, 0.717) is 6.04 Å². The fourth-order valence-corrected chi connectivity index (χ4v) is 3.60. The molecule has 0 saturated carbocycles. The van der Waals surface area contributed by atoms with Crippen molar-refractivity contribution in [2.45, 2.75) is 31.8 Å². The average molecular weight is 339 g/mol. The van der Waals surface area contributed by atoms with Crippen LogP contribution in [0.15, 0.2) is 36.5 Å². The van der Waals surface area contributed by atoms with Gasteiger partial charge in [0, 0.05) is 49.9 Å². The summed E-state index contributed by atoms with van der Waals surface area (Å²) in [7, 11) is 1.68. The lowest BCUT2D eigenvalue weighted by Crippen LogP contribution is -2.27. The molecule has 1 aromatic heterocycles. The van der Waals surface area contributed by atoms with Gasteiger partial charge in [-0.15, -0.1) is 0 Å². The van der Waals surface area contributed by atoms with E-state index in [1.807, 2.05) is 18.3 Å². The fraction of sp³-hybridized carbons (Fsp3) is 0.450. The maximum absolute atomic E-state index is 5.78. The van der Waals surface area contributed by atoms with E-state index in [0.717, 1.165) is 50.0 Å². The van der Waals surface area contributed by atoms with Gasteiger partial charge in [-0.1, -0.05) is 12.1 Å². The first-order chi connectivity index (χ1) is 12.3. The predicted octanol–water partition coefficient (Wildman–Crippen LogP) is 3.30. The van der Waals surface area contributed by atoms with Crippen molar-refractivity contribution in [1.29, 1.82) is 0 Å². The monoisotopic (exact) mass is 339 g/mol. The number of methoxy groups -OCH3 is 1. The van der Waals surface area contributed by atoms with Gasteiger partial charge in [0.05, 0.1) is 13.7 Å². The molecular weight excluding hydrogens is 314 g/mol. The Kier molecular flexibility index (Phi) is 4.74. The summed E-state index contributed by atoms with van der Waals surface area (Å²) < 4.78 is 11.1. The van der Waals surface area contributed by atoms with Gasteiger partial charge in [-0.2, -0.15) is 0 Å². The Morgan fingerprint density at radius 3 is 2.88 bits per heavy atom. The highest BCUT2D eigenvalue weighted by Gasteiger charge is 2.21. The molecule has 2 aliphatic heterocycles. The Hall–Kier alpha value is -2.27. The van der Waals surface area contributed by atoms with Crippen LogP contribution in [0.5, 0.6) is 11.5 Å². The van der Waals surface area contributed by atoms with E-state index >= 15 is 0 Å². The van der Waals surface area contributed by atoms with Crippen LogP contribution in [0.1, 0.15) is 36.4 Å². The van der Waals surface area contributed by atoms with Crippen LogP contribution < -0.4 is 19.7 Å². The highest BCUT2D eigenvalue weighted by Crippen LogP contribution is 2.35. The first-order valence-electron chi connectivity index (χ1n) is 9.07. The lowest BCUT2D eigenvalue weighted by molar-refractivity contribution is 0.250. The molecule has 0 unspecified atom stereocenters. The molecular formula is C20H25N3O2. The van der Waals surface area contributed by atoms with E-state index in [9.17, 15) is 0 Å². The highest BCUT2D eigenvalue weighted by molar-refractivity contribution is 5.44. The molecule has 1 saturated heterocycles. The van der Waals surface area contributed by atoms with Crippen LogP contribution in [0.25, 0.3) is 0 Å². The maximum atomic E-state index is 5.78. The second kappa shape index (κ2) is 7.31. The number of ether oxygens (including phenoxy) is 2. The van der Waals surface area contributed by atoms with Gasteiger partial charge in [0.15, 0.2) is 0 Å². The van der Waals surface area contributed by atoms with Gasteiger partial charge < -0.3 is 19.7 Å². The third kappa shape index (κ3) is 3.56. The van der Waals surface area contributed by atoms with E-state index in [1.165, 1.54) is 24.0 Å². The summed E-state index contributed by atoms with van der Waals surface area (Å²) in [6, 6.07) is 10.7. The SMILES string of the molecule is COc1ccc2c(c1)OCC[C@H]2NCc1ccc(N2CCCC2)nc1.